The highest BCUT2D eigenvalue weighted by Crippen LogP contribution is 2.53. The van der Waals surface area contributed by atoms with Crippen LogP contribution in [0.2, 0.25) is 0 Å². The largest absolute Gasteiger partial charge is 0.481 e. The minimum atomic E-state index is -0.604. The fraction of sp³-hybridized carbons (Fsp3) is 0.750. The molecule has 0 heterocycles. The lowest BCUT2D eigenvalue weighted by Gasteiger charge is -2.19. The summed E-state index contributed by atoms with van der Waals surface area (Å²) in [7, 11) is 0. The minimum Gasteiger partial charge on any atom is -0.481 e. The Labute approximate surface area is 60.2 Å². The summed E-state index contributed by atoms with van der Waals surface area (Å²) in [5, 5.41) is 8.86. The number of carboxylic acid groups (broad SMARTS) is 1. The third-order valence-corrected chi connectivity index (χ3v) is 2.92. The molecule has 2 unspecified atom stereocenters. The summed E-state index contributed by atoms with van der Waals surface area (Å²) in [5.41, 5.74) is -0.398. The van der Waals surface area contributed by atoms with E-state index in [0.29, 0.717) is 5.92 Å². The molecule has 1 N–H and O–H groups in total. The third-order valence-electron chi connectivity index (χ3n) is 2.92. The van der Waals surface area contributed by atoms with Crippen LogP contribution in [0.4, 0.5) is 0 Å². The average molecular weight is 139 g/mol. The maximum absolute atomic E-state index is 10.8. The van der Waals surface area contributed by atoms with Gasteiger partial charge in [-0.05, 0) is 38.0 Å². The van der Waals surface area contributed by atoms with E-state index in [1.165, 1.54) is 0 Å². The molecule has 2 nitrogen and oxygen atoms in total. The first-order valence-electron chi connectivity index (χ1n) is 3.81. The molecule has 1 radical (unpaired) electrons. The van der Waals surface area contributed by atoms with Gasteiger partial charge in [-0.3, -0.25) is 4.79 Å². The van der Waals surface area contributed by atoms with Crippen molar-refractivity contribution in [2.24, 2.45) is 11.3 Å². The maximum atomic E-state index is 10.8. The maximum Gasteiger partial charge on any atom is 0.309 e. The van der Waals surface area contributed by atoms with E-state index in [1.54, 1.807) is 0 Å². The van der Waals surface area contributed by atoms with Crippen LogP contribution in [0.1, 0.15) is 25.7 Å². The number of hydrogen-bond donors (Lipinski definition) is 1. The van der Waals surface area contributed by atoms with Gasteiger partial charge in [0.2, 0.25) is 0 Å². The number of carboxylic acids is 1. The summed E-state index contributed by atoms with van der Waals surface area (Å²) in [5.74, 6) is 0.0867. The fourth-order valence-corrected chi connectivity index (χ4v) is 2.24. The Morgan fingerprint density at radius 2 is 2.50 bits per heavy atom. The third kappa shape index (κ3) is 0.619. The molecule has 0 saturated heterocycles. The SMILES string of the molecule is O=C(O)C12[CH]CC(CC1)C2. The van der Waals surface area contributed by atoms with Gasteiger partial charge in [0.1, 0.15) is 0 Å². The summed E-state index contributed by atoms with van der Waals surface area (Å²) < 4.78 is 0. The zero-order valence-corrected chi connectivity index (χ0v) is 5.84. The Kier molecular flexibility index (Phi) is 1.08. The molecule has 0 aliphatic heterocycles. The first kappa shape index (κ1) is 6.20. The Bertz CT molecular complexity index is 166. The van der Waals surface area contributed by atoms with Crippen molar-refractivity contribution in [3.8, 4) is 0 Å². The first-order chi connectivity index (χ1) is 4.73. The number of hydrogen-bond acceptors (Lipinski definition) is 1. The van der Waals surface area contributed by atoms with E-state index in [9.17, 15) is 4.79 Å². The number of fused-ring (bicyclic) bond motifs is 2. The quantitative estimate of drug-likeness (QED) is 0.597. The summed E-state index contributed by atoms with van der Waals surface area (Å²) in [4.78, 5) is 10.8. The molecule has 0 aromatic rings. The molecule has 2 atom stereocenters. The molecule has 2 fully saturated rings. The molecular weight excluding hydrogens is 128 g/mol. The second kappa shape index (κ2) is 1.74. The van der Waals surface area contributed by atoms with Crippen LogP contribution in [0, 0.1) is 17.8 Å². The molecule has 55 valence electrons. The van der Waals surface area contributed by atoms with Crippen molar-refractivity contribution in [3.05, 3.63) is 6.42 Å². The molecule has 0 aromatic carbocycles. The summed E-state index contributed by atoms with van der Waals surface area (Å²) in [6, 6.07) is 0. The van der Waals surface area contributed by atoms with Crippen LogP contribution in [0.25, 0.3) is 0 Å². The molecule has 0 aromatic heterocycles. The van der Waals surface area contributed by atoms with Gasteiger partial charge >= 0.3 is 5.97 Å². The second-order valence-corrected chi connectivity index (χ2v) is 3.51. The molecular formula is C8H11O2. The zero-order valence-electron chi connectivity index (χ0n) is 5.84. The zero-order chi connectivity index (χ0) is 7.19. The lowest BCUT2D eigenvalue weighted by Crippen LogP contribution is -2.25. The van der Waals surface area contributed by atoms with Crippen LogP contribution in [0.5, 0.6) is 0 Å². The van der Waals surface area contributed by atoms with E-state index in [-0.39, 0.29) is 0 Å². The first-order valence-corrected chi connectivity index (χ1v) is 3.81. The van der Waals surface area contributed by atoms with Crippen molar-refractivity contribution >= 4 is 5.97 Å². The Hall–Kier alpha value is -0.530. The highest BCUT2D eigenvalue weighted by molar-refractivity contribution is 5.77. The van der Waals surface area contributed by atoms with Gasteiger partial charge in [0.05, 0.1) is 5.41 Å². The van der Waals surface area contributed by atoms with E-state index in [0.717, 1.165) is 25.7 Å². The summed E-state index contributed by atoms with van der Waals surface area (Å²) >= 11 is 0. The van der Waals surface area contributed by atoms with Gasteiger partial charge in [0.25, 0.3) is 0 Å². The molecule has 2 saturated carbocycles. The lowest BCUT2D eigenvalue weighted by atomic mass is 9.85. The monoisotopic (exact) mass is 139 g/mol. The van der Waals surface area contributed by atoms with Gasteiger partial charge in [-0.2, -0.15) is 0 Å². The molecule has 2 aliphatic rings. The van der Waals surface area contributed by atoms with Gasteiger partial charge in [-0.1, -0.05) is 0 Å². The van der Waals surface area contributed by atoms with Crippen molar-refractivity contribution < 1.29 is 9.90 Å². The van der Waals surface area contributed by atoms with E-state index in [2.05, 4.69) is 0 Å². The molecule has 2 bridgehead atoms. The topological polar surface area (TPSA) is 37.3 Å². The van der Waals surface area contributed by atoms with Gasteiger partial charge < -0.3 is 5.11 Å². The van der Waals surface area contributed by atoms with Crippen molar-refractivity contribution in [1.82, 2.24) is 0 Å². The highest BCUT2D eigenvalue weighted by atomic mass is 16.4. The van der Waals surface area contributed by atoms with E-state index in [1.807, 2.05) is 6.42 Å². The van der Waals surface area contributed by atoms with Crippen LogP contribution in [0.15, 0.2) is 0 Å². The predicted molar refractivity (Wildman–Crippen MR) is 36.3 cm³/mol. The predicted octanol–water partition coefficient (Wildman–Crippen LogP) is 1.47. The van der Waals surface area contributed by atoms with Crippen molar-refractivity contribution in [2.45, 2.75) is 25.7 Å². The van der Waals surface area contributed by atoms with Crippen LogP contribution in [-0.2, 0) is 4.79 Å². The van der Waals surface area contributed by atoms with Crippen LogP contribution >= 0.6 is 0 Å². The van der Waals surface area contributed by atoms with Gasteiger partial charge in [0.15, 0.2) is 0 Å². The normalized spacial score (nSPS) is 44.2. The van der Waals surface area contributed by atoms with Crippen molar-refractivity contribution in [1.29, 1.82) is 0 Å². The standard InChI is InChI=1S/C8H11O2/c9-7(10)8-3-1-6(5-8)2-4-8/h3,6H,1-2,4-5H2,(H,9,10). The average Bonchev–Trinajstić information content (AvgIpc) is 2.45. The minimum absolute atomic E-state index is 0.398. The number of aliphatic carboxylic acids is 1. The Balaban J connectivity index is 2.23. The van der Waals surface area contributed by atoms with Crippen LogP contribution in [-0.4, -0.2) is 11.1 Å². The van der Waals surface area contributed by atoms with Gasteiger partial charge in [0, 0.05) is 0 Å². The second-order valence-electron chi connectivity index (χ2n) is 3.51. The molecule has 2 heteroatoms. The molecule has 0 amide bonds. The van der Waals surface area contributed by atoms with Crippen molar-refractivity contribution in [2.75, 3.05) is 0 Å². The smallest absolute Gasteiger partial charge is 0.309 e. The highest BCUT2D eigenvalue weighted by Gasteiger charge is 2.50. The van der Waals surface area contributed by atoms with E-state index >= 15 is 0 Å². The van der Waals surface area contributed by atoms with Crippen LogP contribution in [0.3, 0.4) is 0 Å². The molecule has 2 rings (SSSR count). The number of carbonyl (C=O) groups is 1. The van der Waals surface area contributed by atoms with Crippen LogP contribution < -0.4 is 0 Å². The fourth-order valence-electron chi connectivity index (χ4n) is 2.24. The Morgan fingerprint density at radius 1 is 1.70 bits per heavy atom. The van der Waals surface area contributed by atoms with Crippen molar-refractivity contribution in [3.63, 3.8) is 0 Å². The molecule has 10 heavy (non-hydrogen) atoms. The van der Waals surface area contributed by atoms with Gasteiger partial charge in [-0.15, -0.1) is 0 Å². The molecule has 2 aliphatic carbocycles. The number of rotatable bonds is 1. The van der Waals surface area contributed by atoms with E-state index in [4.69, 9.17) is 5.11 Å². The summed E-state index contributed by atoms with van der Waals surface area (Å²) in [6.07, 6.45) is 5.95. The summed E-state index contributed by atoms with van der Waals surface area (Å²) in [6.45, 7) is 0. The van der Waals surface area contributed by atoms with E-state index < -0.39 is 11.4 Å². The Morgan fingerprint density at radius 3 is 2.70 bits per heavy atom. The van der Waals surface area contributed by atoms with Gasteiger partial charge in [-0.25, -0.2) is 0 Å². The molecule has 0 spiro atoms. The lowest BCUT2D eigenvalue weighted by molar-refractivity contribution is -0.146.